The molecule has 2 aromatic rings. The van der Waals surface area contributed by atoms with Crippen molar-refractivity contribution in [3.05, 3.63) is 53.6 Å². The molecule has 0 aliphatic carbocycles. The first-order valence-electron chi connectivity index (χ1n) is 5.11. The van der Waals surface area contributed by atoms with Crippen LogP contribution in [0, 0.1) is 13.1 Å². The molecular formula is C13H13N2O. The Morgan fingerprint density at radius 3 is 2.88 bits per heavy atom. The topological polar surface area (TPSA) is 35.0 Å². The molecular weight excluding hydrogens is 200 g/mol. The highest BCUT2D eigenvalue weighted by Crippen LogP contribution is 2.21. The van der Waals surface area contributed by atoms with Gasteiger partial charge in [0.25, 0.3) is 0 Å². The number of benzene rings is 1. The van der Waals surface area contributed by atoms with Gasteiger partial charge in [-0.15, -0.1) is 0 Å². The minimum atomic E-state index is 0.747. The van der Waals surface area contributed by atoms with E-state index in [2.05, 4.69) is 16.2 Å². The minimum absolute atomic E-state index is 0.747. The second-order valence-corrected chi connectivity index (χ2v) is 3.54. The molecule has 0 amide bonds. The number of aromatic nitrogens is 2. The van der Waals surface area contributed by atoms with Gasteiger partial charge < -0.3 is 4.74 Å². The van der Waals surface area contributed by atoms with Gasteiger partial charge in [0.2, 0.25) is 0 Å². The van der Waals surface area contributed by atoms with Crippen LogP contribution < -0.4 is 4.74 Å². The Labute approximate surface area is 95.1 Å². The maximum absolute atomic E-state index is 5.30. The molecule has 3 heteroatoms. The average Bonchev–Trinajstić information content (AvgIpc) is 2.33. The smallest absolute Gasteiger partial charge is 0.122 e. The molecule has 0 unspecified atom stereocenters. The van der Waals surface area contributed by atoms with E-state index in [1.807, 2.05) is 31.2 Å². The second kappa shape index (κ2) is 4.75. The maximum atomic E-state index is 5.30. The van der Waals surface area contributed by atoms with Gasteiger partial charge in [0.05, 0.1) is 13.3 Å². The molecule has 16 heavy (non-hydrogen) atoms. The fourth-order valence-electron chi connectivity index (χ4n) is 1.59. The highest BCUT2D eigenvalue weighted by Gasteiger charge is 2.06. The van der Waals surface area contributed by atoms with Crippen molar-refractivity contribution in [2.75, 3.05) is 7.11 Å². The van der Waals surface area contributed by atoms with Gasteiger partial charge in [-0.05, 0) is 18.6 Å². The molecule has 0 saturated carbocycles. The molecule has 0 aliphatic heterocycles. The summed E-state index contributed by atoms with van der Waals surface area (Å²) in [6.45, 7) is 1.96. The van der Waals surface area contributed by atoms with Crippen molar-refractivity contribution >= 4 is 0 Å². The number of ether oxygens (including phenoxy) is 1. The first-order chi connectivity index (χ1) is 7.81. The van der Waals surface area contributed by atoms with Gasteiger partial charge in [-0.25, -0.2) is 9.97 Å². The monoisotopic (exact) mass is 213 g/mol. The number of methoxy groups -OCH3 is 1. The first kappa shape index (κ1) is 10.6. The van der Waals surface area contributed by atoms with Gasteiger partial charge in [0.15, 0.2) is 0 Å². The SMILES string of the molecule is COc1ccccc1Cc1[c]ncnc1C. The van der Waals surface area contributed by atoms with Crippen LogP contribution in [0.4, 0.5) is 0 Å². The van der Waals surface area contributed by atoms with Crippen molar-refractivity contribution < 1.29 is 4.74 Å². The van der Waals surface area contributed by atoms with Gasteiger partial charge >= 0.3 is 0 Å². The van der Waals surface area contributed by atoms with Crippen LogP contribution in [0.5, 0.6) is 5.75 Å². The summed E-state index contributed by atoms with van der Waals surface area (Å²) in [4.78, 5) is 8.07. The summed E-state index contributed by atoms with van der Waals surface area (Å²) in [5.74, 6) is 0.888. The minimum Gasteiger partial charge on any atom is -0.496 e. The fourth-order valence-corrected chi connectivity index (χ4v) is 1.59. The van der Waals surface area contributed by atoms with Gasteiger partial charge in [-0.3, -0.25) is 0 Å². The molecule has 1 aromatic heterocycles. The van der Waals surface area contributed by atoms with Crippen molar-refractivity contribution in [2.24, 2.45) is 0 Å². The summed E-state index contributed by atoms with van der Waals surface area (Å²) in [6.07, 6.45) is 5.23. The zero-order valence-electron chi connectivity index (χ0n) is 9.40. The normalized spacial score (nSPS) is 10.1. The molecule has 0 aliphatic rings. The molecule has 0 fully saturated rings. The zero-order valence-corrected chi connectivity index (χ0v) is 9.40. The van der Waals surface area contributed by atoms with E-state index in [9.17, 15) is 0 Å². The van der Waals surface area contributed by atoms with E-state index in [1.165, 1.54) is 6.33 Å². The van der Waals surface area contributed by atoms with E-state index in [4.69, 9.17) is 4.74 Å². The number of hydrogen-bond acceptors (Lipinski definition) is 3. The van der Waals surface area contributed by atoms with Gasteiger partial charge in [-0.1, -0.05) is 18.2 Å². The third kappa shape index (κ3) is 2.19. The summed E-state index contributed by atoms with van der Waals surface area (Å²) >= 11 is 0. The van der Waals surface area contributed by atoms with E-state index in [1.54, 1.807) is 7.11 Å². The van der Waals surface area contributed by atoms with Crippen LogP contribution in [0.15, 0.2) is 30.6 Å². The molecule has 0 spiro atoms. The molecule has 2 rings (SSSR count). The third-order valence-electron chi connectivity index (χ3n) is 2.51. The van der Waals surface area contributed by atoms with Crippen LogP contribution in [-0.4, -0.2) is 17.1 Å². The fraction of sp³-hybridized carbons (Fsp3) is 0.231. The van der Waals surface area contributed by atoms with E-state index >= 15 is 0 Å². The van der Waals surface area contributed by atoms with Crippen LogP contribution >= 0.6 is 0 Å². The summed E-state index contributed by atoms with van der Waals surface area (Å²) in [7, 11) is 1.68. The lowest BCUT2D eigenvalue weighted by atomic mass is 10.0. The average molecular weight is 213 g/mol. The molecule has 3 nitrogen and oxygen atoms in total. The molecule has 0 atom stereocenters. The molecule has 81 valence electrons. The number of aryl methyl sites for hydroxylation is 1. The van der Waals surface area contributed by atoms with Crippen molar-refractivity contribution in [3.8, 4) is 5.75 Å². The number of rotatable bonds is 3. The Balaban J connectivity index is 2.30. The molecule has 1 heterocycles. The predicted molar refractivity (Wildman–Crippen MR) is 61.4 cm³/mol. The van der Waals surface area contributed by atoms with Crippen LogP contribution in [0.3, 0.4) is 0 Å². The van der Waals surface area contributed by atoms with Crippen LogP contribution in [-0.2, 0) is 6.42 Å². The van der Waals surface area contributed by atoms with Crippen molar-refractivity contribution in [1.29, 1.82) is 0 Å². The summed E-state index contributed by atoms with van der Waals surface area (Å²) in [5.41, 5.74) is 3.09. The highest BCUT2D eigenvalue weighted by molar-refractivity contribution is 5.37. The zero-order chi connectivity index (χ0) is 11.4. The van der Waals surface area contributed by atoms with Crippen molar-refractivity contribution in [1.82, 2.24) is 9.97 Å². The number of para-hydroxylation sites is 1. The quantitative estimate of drug-likeness (QED) is 0.783. The number of hydrogen-bond donors (Lipinski definition) is 0. The van der Waals surface area contributed by atoms with Gasteiger partial charge in [0, 0.05) is 17.7 Å². The second-order valence-electron chi connectivity index (χ2n) is 3.54. The number of nitrogens with zero attached hydrogens (tertiary/aromatic N) is 2. The highest BCUT2D eigenvalue weighted by atomic mass is 16.5. The van der Waals surface area contributed by atoms with E-state index in [-0.39, 0.29) is 0 Å². The Kier molecular flexibility index (Phi) is 3.15. The summed E-state index contributed by atoms with van der Waals surface area (Å²) in [6, 6.07) is 7.95. The standard InChI is InChI=1S/C13H13N2O/c1-10-12(8-14-9-15-10)7-11-5-3-4-6-13(11)16-2/h3-6,9H,7H2,1-2H3. The van der Waals surface area contributed by atoms with Crippen molar-refractivity contribution in [3.63, 3.8) is 0 Å². The molecule has 0 N–H and O–H groups in total. The Morgan fingerprint density at radius 2 is 2.12 bits per heavy atom. The lowest BCUT2D eigenvalue weighted by molar-refractivity contribution is 0.410. The molecule has 0 saturated heterocycles. The lowest BCUT2D eigenvalue weighted by Gasteiger charge is -2.08. The largest absolute Gasteiger partial charge is 0.496 e. The predicted octanol–water partition coefficient (Wildman–Crippen LogP) is 2.18. The van der Waals surface area contributed by atoms with Crippen molar-refractivity contribution in [2.45, 2.75) is 13.3 Å². The molecule has 1 radical (unpaired) electrons. The first-order valence-corrected chi connectivity index (χ1v) is 5.11. The van der Waals surface area contributed by atoms with E-state index in [0.717, 1.165) is 29.0 Å². The third-order valence-corrected chi connectivity index (χ3v) is 2.51. The Hall–Kier alpha value is -1.90. The van der Waals surface area contributed by atoms with Crippen LogP contribution in [0.2, 0.25) is 0 Å². The maximum Gasteiger partial charge on any atom is 0.122 e. The Bertz CT molecular complexity index is 483. The van der Waals surface area contributed by atoms with Gasteiger partial charge in [0.1, 0.15) is 12.1 Å². The Morgan fingerprint density at radius 1 is 1.31 bits per heavy atom. The molecule has 0 bridgehead atoms. The lowest BCUT2D eigenvalue weighted by Crippen LogP contribution is -1.98. The van der Waals surface area contributed by atoms with Crippen LogP contribution in [0.25, 0.3) is 0 Å². The molecule has 1 aromatic carbocycles. The van der Waals surface area contributed by atoms with E-state index < -0.39 is 0 Å². The van der Waals surface area contributed by atoms with Crippen LogP contribution in [0.1, 0.15) is 16.8 Å². The summed E-state index contributed by atoms with van der Waals surface area (Å²) < 4.78 is 5.30. The van der Waals surface area contributed by atoms with Gasteiger partial charge in [-0.2, -0.15) is 0 Å². The van der Waals surface area contributed by atoms with E-state index in [0.29, 0.717) is 0 Å². The summed E-state index contributed by atoms with van der Waals surface area (Å²) in [5, 5.41) is 0.